The molecule has 2 amide bonds. The van der Waals surface area contributed by atoms with Crippen molar-refractivity contribution in [3.63, 3.8) is 0 Å². The second-order valence-corrected chi connectivity index (χ2v) is 6.18. The maximum absolute atomic E-state index is 12.4. The molecule has 2 rings (SSSR count). The molecule has 2 aromatic carbocycles. The summed E-state index contributed by atoms with van der Waals surface area (Å²) in [6, 6.07) is 17.8. The molecule has 0 aromatic heterocycles. The Balaban J connectivity index is 1.95. The van der Waals surface area contributed by atoms with Crippen molar-refractivity contribution < 1.29 is 9.59 Å². The van der Waals surface area contributed by atoms with Crippen LogP contribution in [0.15, 0.2) is 54.6 Å². The molecule has 0 N–H and O–H groups in total. The highest BCUT2D eigenvalue weighted by Crippen LogP contribution is 2.17. The molecular weight excluding hydrogens is 312 g/mol. The summed E-state index contributed by atoms with van der Waals surface area (Å²) in [5, 5.41) is 0. The van der Waals surface area contributed by atoms with E-state index in [0.29, 0.717) is 19.5 Å². The predicted molar refractivity (Wildman–Crippen MR) is 101 cm³/mol. The van der Waals surface area contributed by atoms with Crippen LogP contribution in [0.2, 0.25) is 0 Å². The average molecular weight is 338 g/mol. The molecule has 0 heterocycles. The van der Waals surface area contributed by atoms with Crippen molar-refractivity contribution >= 4 is 17.5 Å². The second-order valence-electron chi connectivity index (χ2n) is 6.18. The van der Waals surface area contributed by atoms with E-state index < -0.39 is 0 Å². The molecule has 0 saturated heterocycles. The first-order chi connectivity index (χ1) is 12.0. The van der Waals surface area contributed by atoms with Gasteiger partial charge < -0.3 is 9.80 Å². The smallest absolute Gasteiger partial charge is 0.224 e. The van der Waals surface area contributed by atoms with Gasteiger partial charge >= 0.3 is 0 Å². The van der Waals surface area contributed by atoms with E-state index in [2.05, 4.69) is 6.92 Å². The first kappa shape index (κ1) is 18.7. The van der Waals surface area contributed by atoms with Crippen molar-refractivity contribution in [3.8, 4) is 0 Å². The summed E-state index contributed by atoms with van der Waals surface area (Å²) >= 11 is 0. The van der Waals surface area contributed by atoms with Crippen LogP contribution in [0.5, 0.6) is 0 Å². The van der Waals surface area contributed by atoms with Gasteiger partial charge in [-0.1, -0.05) is 49.4 Å². The maximum Gasteiger partial charge on any atom is 0.224 e. The van der Waals surface area contributed by atoms with Gasteiger partial charge in [-0.05, 0) is 29.7 Å². The zero-order chi connectivity index (χ0) is 18.2. The molecule has 0 fully saturated rings. The standard InChI is InChI=1S/C21H26N2O2/c1-4-18-10-12-20(13-11-18)23(17(2)24)15-14-21(25)22(3)16-19-8-6-5-7-9-19/h5-13H,4,14-16H2,1-3H3. The van der Waals surface area contributed by atoms with Gasteiger partial charge in [-0.15, -0.1) is 0 Å². The molecule has 25 heavy (non-hydrogen) atoms. The molecule has 0 radical (unpaired) electrons. The Morgan fingerprint density at radius 2 is 1.56 bits per heavy atom. The van der Waals surface area contributed by atoms with Crippen molar-refractivity contribution in [2.45, 2.75) is 33.2 Å². The molecule has 0 aliphatic carbocycles. The Bertz CT molecular complexity index is 696. The zero-order valence-electron chi connectivity index (χ0n) is 15.2. The van der Waals surface area contributed by atoms with Crippen LogP contribution < -0.4 is 4.90 Å². The summed E-state index contributed by atoms with van der Waals surface area (Å²) in [4.78, 5) is 27.7. The largest absolute Gasteiger partial charge is 0.341 e. The van der Waals surface area contributed by atoms with Gasteiger partial charge in [0, 0.05) is 39.2 Å². The highest BCUT2D eigenvalue weighted by molar-refractivity contribution is 5.92. The minimum absolute atomic E-state index is 0.0280. The van der Waals surface area contributed by atoms with E-state index in [4.69, 9.17) is 0 Å². The molecule has 0 bridgehead atoms. The number of benzene rings is 2. The van der Waals surface area contributed by atoms with Gasteiger partial charge in [0.25, 0.3) is 0 Å². The first-order valence-electron chi connectivity index (χ1n) is 8.66. The van der Waals surface area contributed by atoms with E-state index in [1.807, 2.05) is 54.6 Å². The quantitative estimate of drug-likeness (QED) is 0.773. The van der Waals surface area contributed by atoms with Crippen molar-refractivity contribution in [1.82, 2.24) is 4.90 Å². The summed E-state index contributed by atoms with van der Waals surface area (Å²) in [5.74, 6) is -0.0250. The lowest BCUT2D eigenvalue weighted by molar-refractivity contribution is -0.130. The lowest BCUT2D eigenvalue weighted by Crippen LogP contribution is -2.34. The molecule has 0 aliphatic heterocycles. The first-order valence-corrected chi connectivity index (χ1v) is 8.66. The Labute approximate surface area is 150 Å². The van der Waals surface area contributed by atoms with E-state index in [1.165, 1.54) is 12.5 Å². The van der Waals surface area contributed by atoms with Crippen LogP contribution in [0, 0.1) is 0 Å². The van der Waals surface area contributed by atoms with Crippen LogP contribution in [-0.2, 0) is 22.6 Å². The van der Waals surface area contributed by atoms with Gasteiger partial charge in [0.15, 0.2) is 0 Å². The van der Waals surface area contributed by atoms with E-state index >= 15 is 0 Å². The lowest BCUT2D eigenvalue weighted by atomic mass is 10.1. The third-order valence-electron chi connectivity index (χ3n) is 4.27. The number of aryl methyl sites for hydroxylation is 1. The second kappa shape index (κ2) is 9.02. The van der Waals surface area contributed by atoms with Gasteiger partial charge in [-0.25, -0.2) is 0 Å². The molecule has 0 aliphatic rings. The van der Waals surface area contributed by atoms with Crippen LogP contribution >= 0.6 is 0 Å². The van der Waals surface area contributed by atoms with Crippen LogP contribution in [-0.4, -0.2) is 30.3 Å². The zero-order valence-corrected chi connectivity index (χ0v) is 15.2. The summed E-state index contributed by atoms with van der Waals surface area (Å²) in [6.45, 7) is 4.59. The molecule has 2 aromatic rings. The lowest BCUT2D eigenvalue weighted by Gasteiger charge is -2.23. The Morgan fingerprint density at radius 3 is 2.12 bits per heavy atom. The van der Waals surface area contributed by atoms with Gasteiger partial charge in [-0.2, -0.15) is 0 Å². The number of hydrogen-bond acceptors (Lipinski definition) is 2. The summed E-state index contributed by atoms with van der Waals surface area (Å²) in [5.41, 5.74) is 3.16. The topological polar surface area (TPSA) is 40.6 Å². The van der Waals surface area contributed by atoms with Crippen molar-refractivity contribution in [2.24, 2.45) is 0 Å². The Morgan fingerprint density at radius 1 is 0.920 bits per heavy atom. The molecule has 132 valence electrons. The number of rotatable bonds is 7. The fraction of sp³-hybridized carbons (Fsp3) is 0.333. The molecule has 0 atom stereocenters. The van der Waals surface area contributed by atoms with Crippen molar-refractivity contribution in [3.05, 3.63) is 65.7 Å². The number of carbonyl (C=O) groups excluding carboxylic acids is 2. The van der Waals surface area contributed by atoms with E-state index in [-0.39, 0.29) is 11.8 Å². The number of anilines is 1. The minimum atomic E-state index is -0.0530. The maximum atomic E-state index is 12.4. The van der Waals surface area contributed by atoms with Gasteiger partial charge in [-0.3, -0.25) is 9.59 Å². The van der Waals surface area contributed by atoms with Crippen LogP contribution in [0.4, 0.5) is 5.69 Å². The van der Waals surface area contributed by atoms with Crippen LogP contribution in [0.3, 0.4) is 0 Å². The van der Waals surface area contributed by atoms with Crippen molar-refractivity contribution in [1.29, 1.82) is 0 Å². The van der Waals surface area contributed by atoms with E-state index in [1.54, 1.807) is 16.8 Å². The number of carbonyl (C=O) groups is 2. The summed E-state index contributed by atoms with van der Waals surface area (Å²) in [7, 11) is 1.80. The number of amides is 2. The highest BCUT2D eigenvalue weighted by Gasteiger charge is 2.15. The predicted octanol–water partition coefficient (Wildman–Crippen LogP) is 3.65. The number of hydrogen-bond donors (Lipinski definition) is 0. The Kier molecular flexibility index (Phi) is 6.75. The normalized spacial score (nSPS) is 10.4. The van der Waals surface area contributed by atoms with Gasteiger partial charge in [0.05, 0.1) is 0 Å². The van der Waals surface area contributed by atoms with Crippen LogP contribution in [0.1, 0.15) is 31.4 Å². The fourth-order valence-corrected chi connectivity index (χ4v) is 2.72. The van der Waals surface area contributed by atoms with Crippen molar-refractivity contribution in [2.75, 3.05) is 18.5 Å². The summed E-state index contributed by atoms with van der Waals surface area (Å²) in [6.07, 6.45) is 1.27. The van der Waals surface area contributed by atoms with E-state index in [0.717, 1.165) is 17.7 Å². The third kappa shape index (κ3) is 5.45. The third-order valence-corrected chi connectivity index (χ3v) is 4.27. The average Bonchev–Trinajstić information content (AvgIpc) is 2.62. The molecule has 4 heteroatoms. The van der Waals surface area contributed by atoms with Gasteiger partial charge in [0.1, 0.15) is 0 Å². The molecule has 0 saturated carbocycles. The molecule has 0 spiro atoms. The minimum Gasteiger partial charge on any atom is -0.341 e. The monoisotopic (exact) mass is 338 g/mol. The SMILES string of the molecule is CCc1ccc(N(CCC(=O)N(C)Cc2ccccc2)C(C)=O)cc1. The number of nitrogens with zero attached hydrogens (tertiary/aromatic N) is 2. The Hall–Kier alpha value is -2.62. The van der Waals surface area contributed by atoms with Crippen LogP contribution in [0.25, 0.3) is 0 Å². The molecule has 4 nitrogen and oxygen atoms in total. The molecular formula is C21H26N2O2. The summed E-state index contributed by atoms with van der Waals surface area (Å²) < 4.78 is 0. The fourth-order valence-electron chi connectivity index (χ4n) is 2.72. The van der Waals surface area contributed by atoms with E-state index in [9.17, 15) is 9.59 Å². The molecule has 0 unspecified atom stereocenters. The highest BCUT2D eigenvalue weighted by atomic mass is 16.2. The van der Waals surface area contributed by atoms with Gasteiger partial charge in [0.2, 0.25) is 11.8 Å².